The van der Waals surface area contributed by atoms with Gasteiger partial charge in [-0.1, -0.05) is 44.2 Å². The first-order chi connectivity index (χ1) is 10.8. The van der Waals surface area contributed by atoms with Crippen molar-refractivity contribution in [3.05, 3.63) is 35.9 Å². The van der Waals surface area contributed by atoms with Crippen molar-refractivity contribution < 1.29 is 14.7 Å². The number of rotatable bonds is 4. The Bertz CT molecular complexity index is 549. The number of likely N-dealkylation sites (tertiary alicyclic amines) is 1. The minimum absolute atomic E-state index is 0.0328. The Labute approximate surface area is 137 Å². The molecule has 0 aromatic heterocycles. The van der Waals surface area contributed by atoms with Crippen LogP contribution in [0.3, 0.4) is 0 Å². The second kappa shape index (κ2) is 7.02. The average molecular weight is 318 g/mol. The SMILES string of the molecule is CC(NC(=O)N1CCC(C(=O)O)CC1)C(C)(C)c1ccccc1. The molecule has 2 amide bonds. The van der Waals surface area contributed by atoms with Crippen molar-refractivity contribution in [3.63, 3.8) is 0 Å². The first kappa shape index (κ1) is 17.3. The molecule has 0 aliphatic carbocycles. The fraction of sp³-hybridized carbons (Fsp3) is 0.556. The fourth-order valence-corrected chi connectivity index (χ4v) is 2.90. The Kier molecular flexibility index (Phi) is 5.29. The summed E-state index contributed by atoms with van der Waals surface area (Å²) in [5, 5.41) is 12.1. The van der Waals surface area contributed by atoms with Crippen LogP contribution in [0.5, 0.6) is 0 Å². The summed E-state index contributed by atoms with van der Waals surface area (Å²) in [5.74, 6) is -1.08. The number of carbonyl (C=O) groups is 2. The molecule has 2 N–H and O–H groups in total. The number of nitrogens with one attached hydrogen (secondary N) is 1. The van der Waals surface area contributed by atoms with Gasteiger partial charge in [0.1, 0.15) is 0 Å². The molecule has 1 aliphatic heterocycles. The summed E-state index contributed by atoms with van der Waals surface area (Å²) >= 11 is 0. The third-order valence-corrected chi connectivity index (χ3v) is 5.07. The highest BCUT2D eigenvalue weighted by atomic mass is 16.4. The highest BCUT2D eigenvalue weighted by Crippen LogP contribution is 2.27. The third kappa shape index (κ3) is 4.03. The topological polar surface area (TPSA) is 69.6 Å². The zero-order chi connectivity index (χ0) is 17.0. The lowest BCUT2D eigenvalue weighted by molar-refractivity contribution is -0.143. The monoisotopic (exact) mass is 318 g/mol. The zero-order valence-corrected chi connectivity index (χ0v) is 14.1. The standard InChI is InChI=1S/C18H26N2O3/c1-13(18(2,3)15-7-5-4-6-8-15)19-17(23)20-11-9-14(10-12-20)16(21)22/h4-8,13-14H,9-12H2,1-3H3,(H,19,23)(H,21,22). The van der Waals surface area contributed by atoms with Gasteiger partial charge in [0.2, 0.25) is 0 Å². The van der Waals surface area contributed by atoms with Gasteiger partial charge in [-0.15, -0.1) is 0 Å². The number of hydrogen-bond donors (Lipinski definition) is 2. The third-order valence-electron chi connectivity index (χ3n) is 5.07. The van der Waals surface area contributed by atoms with E-state index in [0.29, 0.717) is 25.9 Å². The van der Waals surface area contributed by atoms with E-state index in [0.717, 1.165) is 0 Å². The van der Waals surface area contributed by atoms with Crippen molar-refractivity contribution in [2.24, 2.45) is 5.92 Å². The molecule has 0 spiro atoms. The smallest absolute Gasteiger partial charge is 0.317 e. The summed E-state index contributed by atoms with van der Waals surface area (Å²) in [6, 6.07) is 9.99. The molecule has 1 aliphatic rings. The maximum Gasteiger partial charge on any atom is 0.317 e. The van der Waals surface area contributed by atoms with Gasteiger partial charge in [-0.2, -0.15) is 0 Å². The molecule has 0 saturated carbocycles. The lowest BCUT2D eigenvalue weighted by atomic mass is 9.78. The Balaban J connectivity index is 1.94. The van der Waals surface area contributed by atoms with Crippen LogP contribution >= 0.6 is 0 Å². The lowest BCUT2D eigenvalue weighted by Crippen LogP contribution is -2.52. The van der Waals surface area contributed by atoms with Crippen LogP contribution in [-0.2, 0) is 10.2 Å². The predicted molar refractivity (Wildman–Crippen MR) is 89.4 cm³/mol. The van der Waals surface area contributed by atoms with Gasteiger partial charge in [0, 0.05) is 24.5 Å². The van der Waals surface area contributed by atoms with E-state index in [1.807, 2.05) is 25.1 Å². The molecule has 1 atom stereocenters. The number of aliphatic carboxylic acids is 1. The van der Waals surface area contributed by atoms with E-state index in [9.17, 15) is 9.59 Å². The lowest BCUT2D eigenvalue weighted by Gasteiger charge is -2.36. The Morgan fingerprint density at radius 3 is 2.30 bits per heavy atom. The van der Waals surface area contributed by atoms with Crippen LogP contribution in [0, 0.1) is 5.92 Å². The molecule has 1 heterocycles. The number of nitrogens with zero attached hydrogens (tertiary/aromatic N) is 1. The van der Waals surface area contributed by atoms with E-state index in [1.165, 1.54) is 5.56 Å². The number of carboxylic acid groups (broad SMARTS) is 1. The van der Waals surface area contributed by atoms with Crippen molar-refractivity contribution in [1.29, 1.82) is 0 Å². The van der Waals surface area contributed by atoms with Crippen LogP contribution < -0.4 is 5.32 Å². The molecule has 0 radical (unpaired) electrons. The number of carbonyl (C=O) groups excluding carboxylic acids is 1. The maximum absolute atomic E-state index is 12.4. The van der Waals surface area contributed by atoms with Crippen molar-refractivity contribution in [2.45, 2.75) is 45.1 Å². The number of amides is 2. The van der Waals surface area contributed by atoms with Gasteiger partial charge < -0.3 is 15.3 Å². The van der Waals surface area contributed by atoms with Crippen LogP contribution in [0.4, 0.5) is 4.79 Å². The summed E-state index contributed by atoms with van der Waals surface area (Å²) in [7, 11) is 0. The first-order valence-electron chi connectivity index (χ1n) is 8.16. The number of hydrogen-bond acceptors (Lipinski definition) is 2. The minimum atomic E-state index is -0.761. The van der Waals surface area contributed by atoms with Crippen LogP contribution in [-0.4, -0.2) is 41.1 Å². The van der Waals surface area contributed by atoms with E-state index in [4.69, 9.17) is 5.11 Å². The molecule has 0 bridgehead atoms. The van der Waals surface area contributed by atoms with E-state index in [1.54, 1.807) is 4.90 Å². The van der Waals surface area contributed by atoms with Crippen LogP contribution in [0.2, 0.25) is 0 Å². The van der Waals surface area contributed by atoms with Crippen LogP contribution in [0.25, 0.3) is 0 Å². The van der Waals surface area contributed by atoms with Crippen molar-refractivity contribution >= 4 is 12.0 Å². The van der Waals surface area contributed by atoms with Gasteiger partial charge >= 0.3 is 12.0 Å². The fourth-order valence-electron chi connectivity index (χ4n) is 2.90. The van der Waals surface area contributed by atoms with Crippen LogP contribution in [0.15, 0.2) is 30.3 Å². The van der Waals surface area contributed by atoms with E-state index in [-0.39, 0.29) is 23.4 Å². The molecule has 5 nitrogen and oxygen atoms in total. The molecule has 126 valence electrons. The predicted octanol–water partition coefficient (Wildman–Crippen LogP) is 2.86. The summed E-state index contributed by atoms with van der Waals surface area (Å²) in [6.07, 6.45) is 1.05. The number of carboxylic acids is 1. The summed E-state index contributed by atoms with van der Waals surface area (Å²) in [4.78, 5) is 25.1. The highest BCUT2D eigenvalue weighted by Gasteiger charge is 2.32. The Morgan fingerprint density at radius 2 is 1.78 bits per heavy atom. The van der Waals surface area contributed by atoms with Gasteiger partial charge in [0.25, 0.3) is 0 Å². The van der Waals surface area contributed by atoms with Crippen molar-refractivity contribution in [1.82, 2.24) is 10.2 Å². The molecule has 1 aromatic carbocycles. The summed E-state index contributed by atoms with van der Waals surface area (Å²) in [5.41, 5.74) is 0.994. The van der Waals surface area contributed by atoms with Crippen molar-refractivity contribution in [2.75, 3.05) is 13.1 Å². The maximum atomic E-state index is 12.4. The minimum Gasteiger partial charge on any atom is -0.481 e. The molecule has 1 saturated heterocycles. The normalized spacial score (nSPS) is 17.6. The van der Waals surface area contributed by atoms with E-state index in [2.05, 4.69) is 31.3 Å². The molecule has 5 heteroatoms. The second-order valence-corrected chi connectivity index (χ2v) is 6.86. The van der Waals surface area contributed by atoms with Gasteiger partial charge in [-0.3, -0.25) is 4.79 Å². The molecule has 1 unspecified atom stereocenters. The molecule has 23 heavy (non-hydrogen) atoms. The molecular formula is C18H26N2O3. The van der Waals surface area contributed by atoms with Crippen LogP contribution in [0.1, 0.15) is 39.2 Å². The first-order valence-corrected chi connectivity index (χ1v) is 8.16. The summed E-state index contributed by atoms with van der Waals surface area (Å²) in [6.45, 7) is 7.24. The second-order valence-electron chi connectivity index (χ2n) is 6.86. The van der Waals surface area contributed by atoms with E-state index >= 15 is 0 Å². The highest BCUT2D eigenvalue weighted by molar-refractivity contribution is 5.75. The van der Waals surface area contributed by atoms with Gasteiger partial charge in [0.05, 0.1) is 5.92 Å². The molecule has 1 fully saturated rings. The Hall–Kier alpha value is -2.04. The molecule has 1 aromatic rings. The number of benzene rings is 1. The largest absolute Gasteiger partial charge is 0.481 e. The summed E-state index contributed by atoms with van der Waals surface area (Å²) < 4.78 is 0. The van der Waals surface area contributed by atoms with Crippen molar-refractivity contribution in [3.8, 4) is 0 Å². The zero-order valence-electron chi connectivity index (χ0n) is 14.1. The molecular weight excluding hydrogens is 292 g/mol. The quantitative estimate of drug-likeness (QED) is 0.897. The van der Waals surface area contributed by atoms with Gasteiger partial charge in [-0.25, -0.2) is 4.79 Å². The average Bonchev–Trinajstić information content (AvgIpc) is 2.55. The van der Waals surface area contributed by atoms with E-state index < -0.39 is 5.97 Å². The number of urea groups is 1. The number of piperidine rings is 1. The molecule has 2 rings (SSSR count). The Morgan fingerprint density at radius 1 is 1.22 bits per heavy atom. The van der Waals surface area contributed by atoms with Gasteiger partial charge in [0.15, 0.2) is 0 Å². The van der Waals surface area contributed by atoms with Gasteiger partial charge in [-0.05, 0) is 25.3 Å².